The van der Waals surface area contributed by atoms with Crippen molar-refractivity contribution in [2.75, 3.05) is 0 Å². The molecule has 2 heterocycles. The SMILES string of the molecule is O=C(O)CCc1ncc2c(Cl)cccn12. The van der Waals surface area contributed by atoms with Crippen LogP contribution in [0.3, 0.4) is 0 Å². The fraction of sp³-hybridized carbons (Fsp3) is 0.200. The van der Waals surface area contributed by atoms with Gasteiger partial charge in [0.15, 0.2) is 0 Å². The van der Waals surface area contributed by atoms with Crippen LogP contribution in [0.5, 0.6) is 0 Å². The van der Waals surface area contributed by atoms with Gasteiger partial charge in [0.05, 0.1) is 23.2 Å². The molecule has 0 unspecified atom stereocenters. The molecule has 0 saturated carbocycles. The van der Waals surface area contributed by atoms with E-state index in [4.69, 9.17) is 16.7 Å². The third kappa shape index (κ3) is 1.94. The first kappa shape index (κ1) is 9.98. The molecule has 0 fully saturated rings. The highest BCUT2D eigenvalue weighted by molar-refractivity contribution is 6.33. The molecule has 2 rings (SSSR count). The minimum absolute atomic E-state index is 0.0750. The molecule has 5 heteroatoms. The predicted octanol–water partition coefficient (Wildman–Crippen LogP) is 2.00. The minimum atomic E-state index is -0.825. The fourth-order valence-corrected chi connectivity index (χ4v) is 1.66. The molecule has 0 aliphatic rings. The lowest BCUT2D eigenvalue weighted by Gasteiger charge is -1.99. The molecule has 0 aromatic carbocycles. The maximum Gasteiger partial charge on any atom is 0.303 e. The Morgan fingerprint density at radius 1 is 1.60 bits per heavy atom. The van der Waals surface area contributed by atoms with Gasteiger partial charge in [0, 0.05) is 12.6 Å². The van der Waals surface area contributed by atoms with Crippen LogP contribution in [0.4, 0.5) is 0 Å². The number of carboxylic acid groups (broad SMARTS) is 1. The van der Waals surface area contributed by atoms with Crippen molar-refractivity contribution in [3.63, 3.8) is 0 Å². The molecular weight excluding hydrogens is 216 g/mol. The maximum atomic E-state index is 10.4. The smallest absolute Gasteiger partial charge is 0.303 e. The lowest BCUT2D eigenvalue weighted by Crippen LogP contribution is -2.01. The number of rotatable bonds is 3. The third-order valence-electron chi connectivity index (χ3n) is 2.16. The summed E-state index contributed by atoms with van der Waals surface area (Å²) in [7, 11) is 0. The van der Waals surface area contributed by atoms with Gasteiger partial charge in [0.2, 0.25) is 0 Å². The Morgan fingerprint density at radius 3 is 3.13 bits per heavy atom. The summed E-state index contributed by atoms with van der Waals surface area (Å²) in [6.07, 6.45) is 3.96. The van der Waals surface area contributed by atoms with Crippen LogP contribution in [0.25, 0.3) is 5.52 Å². The molecule has 78 valence electrons. The Bertz CT molecular complexity index is 507. The van der Waals surface area contributed by atoms with E-state index in [0.29, 0.717) is 11.4 Å². The van der Waals surface area contributed by atoms with Gasteiger partial charge in [-0.25, -0.2) is 4.98 Å². The first-order valence-electron chi connectivity index (χ1n) is 4.51. The van der Waals surface area contributed by atoms with E-state index in [2.05, 4.69) is 4.98 Å². The summed E-state index contributed by atoms with van der Waals surface area (Å²) in [5, 5.41) is 9.19. The van der Waals surface area contributed by atoms with Gasteiger partial charge in [-0.1, -0.05) is 11.6 Å². The molecule has 0 aliphatic heterocycles. The average Bonchev–Trinajstić information content (AvgIpc) is 2.59. The molecule has 2 aromatic rings. The van der Waals surface area contributed by atoms with E-state index in [1.165, 1.54) is 0 Å². The number of hydrogen-bond acceptors (Lipinski definition) is 2. The summed E-state index contributed by atoms with van der Waals surface area (Å²) >= 11 is 5.96. The van der Waals surface area contributed by atoms with Gasteiger partial charge < -0.3 is 9.51 Å². The number of hydrogen-bond donors (Lipinski definition) is 1. The van der Waals surface area contributed by atoms with Gasteiger partial charge in [-0.05, 0) is 12.1 Å². The molecule has 1 N–H and O–H groups in total. The summed E-state index contributed by atoms with van der Waals surface area (Å²) in [6.45, 7) is 0. The number of aromatic nitrogens is 2. The second kappa shape index (κ2) is 3.90. The quantitative estimate of drug-likeness (QED) is 0.868. The second-order valence-electron chi connectivity index (χ2n) is 3.18. The van der Waals surface area contributed by atoms with E-state index < -0.39 is 5.97 Å². The summed E-state index contributed by atoms with van der Waals surface area (Å²) in [5.74, 6) is -0.108. The Morgan fingerprint density at radius 2 is 2.40 bits per heavy atom. The fourth-order valence-electron chi connectivity index (χ4n) is 1.44. The summed E-state index contributed by atoms with van der Waals surface area (Å²) in [5.41, 5.74) is 0.805. The van der Waals surface area contributed by atoms with Crippen LogP contribution in [0, 0.1) is 0 Å². The first-order valence-corrected chi connectivity index (χ1v) is 4.88. The highest BCUT2D eigenvalue weighted by Crippen LogP contribution is 2.18. The number of carbonyl (C=O) groups is 1. The standard InChI is InChI=1S/C10H9ClN2O2/c11-7-2-1-5-13-8(7)6-12-9(13)3-4-10(14)15/h1-2,5-6H,3-4H2,(H,14,15). The highest BCUT2D eigenvalue weighted by Gasteiger charge is 2.07. The number of fused-ring (bicyclic) bond motifs is 1. The number of carboxylic acids is 1. The van der Waals surface area contributed by atoms with Gasteiger partial charge in [0.1, 0.15) is 5.82 Å². The van der Waals surface area contributed by atoms with E-state index in [9.17, 15) is 4.79 Å². The summed E-state index contributed by atoms with van der Waals surface area (Å²) in [4.78, 5) is 14.6. The first-order chi connectivity index (χ1) is 7.18. The van der Waals surface area contributed by atoms with E-state index in [1.807, 2.05) is 10.6 Å². The normalized spacial score (nSPS) is 10.7. The average molecular weight is 225 g/mol. The van der Waals surface area contributed by atoms with Crippen LogP contribution >= 0.6 is 11.6 Å². The number of aryl methyl sites for hydroxylation is 1. The van der Waals surface area contributed by atoms with E-state index in [-0.39, 0.29) is 6.42 Å². The Labute approximate surface area is 91.1 Å². The lowest BCUT2D eigenvalue weighted by molar-refractivity contribution is -0.137. The maximum absolute atomic E-state index is 10.4. The largest absolute Gasteiger partial charge is 0.481 e. The molecule has 0 atom stereocenters. The van der Waals surface area contributed by atoms with Crippen molar-refractivity contribution in [2.24, 2.45) is 0 Å². The molecule has 0 bridgehead atoms. The highest BCUT2D eigenvalue weighted by atomic mass is 35.5. The monoisotopic (exact) mass is 224 g/mol. The summed E-state index contributed by atoms with van der Waals surface area (Å²) < 4.78 is 1.81. The van der Waals surface area contributed by atoms with Gasteiger partial charge in [-0.2, -0.15) is 0 Å². The van der Waals surface area contributed by atoms with Gasteiger partial charge >= 0.3 is 5.97 Å². The van der Waals surface area contributed by atoms with E-state index in [0.717, 1.165) is 11.3 Å². The van der Waals surface area contributed by atoms with E-state index in [1.54, 1.807) is 18.3 Å². The predicted molar refractivity (Wildman–Crippen MR) is 56.2 cm³/mol. The van der Waals surface area contributed by atoms with Crippen molar-refractivity contribution in [3.8, 4) is 0 Å². The van der Waals surface area contributed by atoms with Crippen LogP contribution in [0.15, 0.2) is 24.5 Å². The van der Waals surface area contributed by atoms with Crippen molar-refractivity contribution in [1.29, 1.82) is 0 Å². The molecule has 0 spiro atoms. The minimum Gasteiger partial charge on any atom is -0.481 e. The van der Waals surface area contributed by atoms with Crippen LogP contribution in [-0.4, -0.2) is 20.5 Å². The molecule has 0 aliphatic carbocycles. The van der Waals surface area contributed by atoms with Crippen LogP contribution in [0.1, 0.15) is 12.2 Å². The van der Waals surface area contributed by atoms with Gasteiger partial charge in [0.25, 0.3) is 0 Å². The number of imidazole rings is 1. The Kier molecular flexibility index (Phi) is 2.60. The summed E-state index contributed by atoms with van der Waals surface area (Å²) in [6, 6.07) is 3.58. The van der Waals surface area contributed by atoms with Crippen molar-refractivity contribution in [1.82, 2.24) is 9.38 Å². The van der Waals surface area contributed by atoms with Gasteiger partial charge in [-0.15, -0.1) is 0 Å². The molecule has 4 nitrogen and oxygen atoms in total. The zero-order valence-electron chi connectivity index (χ0n) is 7.85. The number of pyridine rings is 1. The van der Waals surface area contributed by atoms with Crippen molar-refractivity contribution in [3.05, 3.63) is 35.4 Å². The van der Waals surface area contributed by atoms with Gasteiger partial charge in [-0.3, -0.25) is 4.79 Å². The van der Waals surface area contributed by atoms with E-state index >= 15 is 0 Å². The van der Waals surface area contributed by atoms with Crippen LogP contribution in [0.2, 0.25) is 5.02 Å². The number of halogens is 1. The van der Waals surface area contributed by atoms with Crippen LogP contribution < -0.4 is 0 Å². The molecule has 15 heavy (non-hydrogen) atoms. The molecule has 0 radical (unpaired) electrons. The molecular formula is C10H9ClN2O2. The van der Waals surface area contributed by atoms with Crippen molar-refractivity contribution in [2.45, 2.75) is 12.8 Å². The zero-order chi connectivity index (χ0) is 10.8. The Balaban J connectivity index is 2.37. The number of nitrogens with zero attached hydrogens (tertiary/aromatic N) is 2. The molecule has 2 aromatic heterocycles. The molecule has 0 amide bonds. The van der Waals surface area contributed by atoms with Crippen molar-refractivity contribution >= 4 is 23.1 Å². The lowest BCUT2D eigenvalue weighted by atomic mass is 10.3. The number of aliphatic carboxylic acids is 1. The topological polar surface area (TPSA) is 54.6 Å². The zero-order valence-corrected chi connectivity index (χ0v) is 8.61. The van der Waals surface area contributed by atoms with Crippen LogP contribution in [-0.2, 0) is 11.2 Å². The van der Waals surface area contributed by atoms with Crippen molar-refractivity contribution < 1.29 is 9.90 Å². The Hall–Kier alpha value is -1.55. The second-order valence-corrected chi connectivity index (χ2v) is 3.59. The molecule has 0 saturated heterocycles. The third-order valence-corrected chi connectivity index (χ3v) is 2.48.